The van der Waals surface area contributed by atoms with Crippen LogP contribution in [0.1, 0.15) is 16.9 Å². The van der Waals surface area contributed by atoms with Gasteiger partial charge < -0.3 is 14.7 Å². The molecule has 188 valence electrons. The number of fused-ring (bicyclic) bond motifs is 1. The minimum absolute atomic E-state index is 0.00752. The van der Waals surface area contributed by atoms with Crippen molar-refractivity contribution in [3.63, 3.8) is 0 Å². The number of nitrogens with one attached hydrogen (secondary N) is 2. The first-order chi connectivity index (χ1) is 16.7. The summed E-state index contributed by atoms with van der Waals surface area (Å²) in [6.07, 6.45) is 1.23. The first-order valence-electron chi connectivity index (χ1n) is 11.3. The van der Waals surface area contributed by atoms with E-state index in [1.54, 1.807) is 0 Å². The standard InChI is InChI=1S/C18H18F3NO2S.C6H8N2O2/c19-15-3-5-17(6-4-15)25(23,24)12-13-10-22(11-13)8-7-14-1-2-16(20)9-18(14)21;9-6-4-1-2-7-3-5(4)10-8-6/h1-6,9,13H,7-8,10-12H2;7H,1-3H2,(H,8,9). The van der Waals surface area contributed by atoms with E-state index in [9.17, 15) is 26.4 Å². The Balaban J connectivity index is 0.000000239. The van der Waals surface area contributed by atoms with Crippen molar-refractivity contribution in [1.29, 1.82) is 0 Å². The molecule has 2 aromatic carbocycles. The fourth-order valence-electron chi connectivity index (χ4n) is 4.19. The molecule has 1 fully saturated rings. The summed E-state index contributed by atoms with van der Waals surface area (Å²) in [4.78, 5) is 13.0. The molecule has 35 heavy (non-hydrogen) atoms. The summed E-state index contributed by atoms with van der Waals surface area (Å²) in [5.74, 6) is -0.849. The van der Waals surface area contributed by atoms with Gasteiger partial charge >= 0.3 is 0 Å². The predicted molar refractivity (Wildman–Crippen MR) is 123 cm³/mol. The largest absolute Gasteiger partial charge is 0.382 e. The lowest BCUT2D eigenvalue weighted by atomic mass is 10.0. The van der Waals surface area contributed by atoms with Crippen molar-refractivity contribution >= 4 is 9.84 Å². The molecule has 1 saturated heterocycles. The normalized spacial score (nSPS) is 16.2. The summed E-state index contributed by atoms with van der Waals surface area (Å²) in [6, 6.07) is 8.35. The number of benzene rings is 2. The first-order valence-corrected chi connectivity index (χ1v) is 12.9. The molecule has 11 heteroatoms. The minimum Gasteiger partial charge on any atom is -0.382 e. The average molecular weight is 510 g/mol. The summed E-state index contributed by atoms with van der Waals surface area (Å²) in [5.41, 5.74) is 1.18. The Hall–Kier alpha value is -2.89. The van der Waals surface area contributed by atoms with Gasteiger partial charge in [-0.25, -0.2) is 21.6 Å². The highest BCUT2D eigenvalue weighted by atomic mass is 32.2. The van der Waals surface area contributed by atoms with Gasteiger partial charge in [0.1, 0.15) is 17.5 Å². The zero-order valence-electron chi connectivity index (χ0n) is 18.9. The minimum atomic E-state index is -3.43. The van der Waals surface area contributed by atoms with Crippen LogP contribution in [0.15, 0.2) is 56.7 Å². The molecular weight excluding hydrogens is 483 g/mol. The lowest BCUT2D eigenvalue weighted by Crippen LogP contribution is -2.50. The Morgan fingerprint density at radius 1 is 1.03 bits per heavy atom. The highest BCUT2D eigenvalue weighted by Crippen LogP contribution is 2.22. The number of aromatic nitrogens is 1. The second kappa shape index (κ2) is 10.8. The van der Waals surface area contributed by atoms with Crippen LogP contribution in [0.4, 0.5) is 13.2 Å². The van der Waals surface area contributed by atoms with Crippen molar-refractivity contribution in [2.24, 2.45) is 5.92 Å². The van der Waals surface area contributed by atoms with Gasteiger partial charge in [0.25, 0.3) is 5.56 Å². The van der Waals surface area contributed by atoms with Crippen LogP contribution in [0, 0.1) is 23.4 Å². The smallest absolute Gasteiger partial charge is 0.283 e. The fraction of sp³-hybridized carbons (Fsp3) is 0.375. The van der Waals surface area contributed by atoms with Gasteiger partial charge in [-0.1, -0.05) is 6.07 Å². The van der Waals surface area contributed by atoms with Crippen molar-refractivity contribution < 1.29 is 26.1 Å². The molecule has 2 N–H and O–H groups in total. The molecular formula is C24H26F3N3O4S. The first kappa shape index (κ1) is 25.2. The number of rotatable bonds is 6. The van der Waals surface area contributed by atoms with E-state index in [4.69, 9.17) is 4.52 Å². The quantitative estimate of drug-likeness (QED) is 0.496. The molecule has 0 spiro atoms. The highest BCUT2D eigenvalue weighted by molar-refractivity contribution is 7.91. The lowest BCUT2D eigenvalue weighted by Gasteiger charge is -2.39. The summed E-state index contributed by atoms with van der Waals surface area (Å²) >= 11 is 0. The molecule has 0 aliphatic carbocycles. The van der Waals surface area contributed by atoms with Crippen molar-refractivity contribution in [1.82, 2.24) is 15.4 Å². The summed E-state index contributed by atoms with van der Waals surface area (Å²) in [5, 5.41) is 5.41. The Labute approximate surface area is 200 Å². The van der Waals surface area contributed by atoms with Crippen LogP contribution in [0.2, 0.25) is 0 Å². The molecule has 0 unspecified atom stereocenters. The summed E-state index contributed by atoms with van der Waals surface area (Å²) in [7, 11) is -3.43. The van der Waals surface area contributed by atoms with Gasteiger partial charge in [0.05, 0.1) is 22.8 Å². The van der Waals surface area contributed by atoms with E-state index >= 15 is 0 Å². The monoisotopic (exact) mass is 509 g/mol. The predicted octanol–water partition coefficient (Wildman–Crippen LogP) is 2.67. The Morgan fingerprint density at radius 2 is 1.74 bits per heavy atom. The Kier molecular flexibility index (Phi) is 7.78. The second-order valence-electron chi connectivity index (χ2n) is 8.71. The number of hydrogen-bond acceptors (Lipinski definition) is 6. The van der Waals surface area contributed by atoms with E-state index < -0.39 is 27.3 Å². The molecule has 0 saturated carbocycles. The van der Waals surface area contributed by atoms with Crippen LogP contribution in [-0.2, 0) is 29.2 Å². The Morgan fingerprint density at radius 3 is 2.43 bits per heavy atom. The maximum absolute atomic E-state index is 13.6. The molecule has 0 amide bonds. The fourth-order valence-corrected chi connectivity index (χ4v) is 5.76. The van der Waals surface area contributed by atoms with E-state index in [1.807, 2.05) is 4.90 Å². The molecule has 2 aliphatic heterocycles. The SMILES string of the molecule is O=S(=O)(CC1CN(CCc2ccc(F)cc2F)C1)c1ccc(F)cc1.O=c1[nH]oc2c1CCNC2. The molecule has 0 bridgehead atoms. The van der Waals surface area contributed by atoms with Crippen LogP contribution in [0.25, 0.3) is 0 Å². The van der Waals surface area contributed by atoms with Gasteiger partial charge in [0.15, 0.2) is 15.6 Å². The maximum atomic E-state index is 13.6. The van der Waals surface area contributed by atoms with E-state index in [-0.39, 0.29) is 22.1 Å². The zero-order chi connectivity index (χ0) is 25.0. The van der Waals surface area contributed by atoms with Crippen molar-refractivity contribution in [3.05, 3.63) is 87.2 Å². The van der Waals surface area contributed by atoms with Gasteiger partial charge in [-0.2, -0.15) is 5.16 Å². The highest BCUT2D eigenvalue weighted by Gasteiger charge is 2.31. The molecule has 5 rings (SSSR count). The van der Waals surface area contributed by atoms with E-state index in [1.165, 1.54) is 24.3 Å². The summed E-state index contributed by atoms with van der Waals surface area (Å²) in [6.45, 7) is 3.37. The van der Waals surface area contributed by atoms with Crippen LogP contribution in [0.5, 0.6) is 0 Å². The zero-order valence-corrected chi connectivity index (χ0v) is 19.7. The molecule has 0 atom stereocenters. The van der Waals surface area contributed by atoms with Crippen molar-refractivity contribution in [3.8, 4) is 0 Å². The number of nitrogens with zero attached hydrogens (tertiary/aromatic N) is 1. The van der Waals surface area contributed by atoms with Gasteiger partial charge in [-0.3, -0.25) is 4.79 Å². The van der Waals surface area contributed by atoms with E-state index in [0.717, 1.165) is 42.5 Å². The van der Waals surface area contributed by atoms with E-state index in [0.29, 0.717) is 38.2 Å². The van der Waals surface area contributed by atoms with Crippen molar-refractivity contribution in [2.75, 3.05) is 31.9 Å². The van der Waals surface area contributed by atoms with Crippen LogP contribution in [0.3, 0.4) is 0 Å². The Bertz CT molecular complexity index is 1320. The van der Waals surface area contributed by atoms with Gasteiger partial charge in [-0.15, -0.1) is 0 Å². The van der Waals surface area contributed by atoms with Crippen LogP contribution >= 0.6 is 0 Å². The van der Waals surface area contributed by atoms with Crippen molar-refractivity contribution in [2.45, 2.75) is 24.3 Å². The third-order valence-electron chi connectivity index (χ3n) is 6.09. The maximum Gasteiger partial charge on any atom is 0.283 e. The van der Waals surface area contributed by atoms with Crippen LogP contribution in [-0.4, -0.2) is 50.4 Å². The topological polar surface area (TPSA) is 95.4 Å². The molecule has 0 radical (unpaired) electrons. The third-order valence-corrected chi connectivity index (χ3v) is 7.99. The third kappa shape index (κ3) is 6.41. The number of likely N-dealkylation sites (tertiary alicyclic amines) is 1. The molecule has 2 aliphatic rings. The molecule has 3 heterocycles. The average Bonchev–Trinajstić information content (AvgIpc) is 3.18. The number of hydrogen-bond donors (Lipinski definition) is 2. The van der Waals surface area contributed by atoms with Crippen LogP contribution < -0.4 is 10.9 Å². The number of sulfone groups is 1. The number of H-pyrrole nitrogens is 1. The lowest BCUT2D eigenvalue weighted by molar-refractivity contribution is 0.116. The second-order valence-corrected chi connectivity index (χ2v) is 10.7. The number of halogens is 3. The molecule has 1 aromatic heterocycles. The van der Waals surface area contributed by atoms with Gasteiger partial charge in [0.2, 0.25) is 0 Å². The molecule has 3 aromatic rings. The molecule has 7 nitrogen and oxygen atoms in total. The van der Waals surface area contributed by atoms with Gasteiger partial charge in [0, 0.05) is 25.7 Å². The number of aromatic amines is 1. The van der Waals surface area contributed by atoms with E-state index in [2.05, 4.69) is 10.5 Å². The van der Waals surface area contributed by atoms with Gasteiger partial charge in [-0.05, 0) is 61.2 Å². The summed E-state index contributed by atoms with van der Waals surface area (Å²) < 4.78 is 68.8.